The molecule has 0 atom stereocenters. The number of benzene rings is 2. The molecule has 3 aromatic rings. The second-order valence-electron chi connectivity index (χ2n) is 4.48. The van der Waals surface area contributed by atoms with E-state index in [1.165, 1.54) is 30.3 Å². The topological polar surface area (TPSA) is 70.8 Å². The fourth-order valence-corrected chi connectivity index (χ4v) is 3.23. The maximum atomic E-state index is 12.5. The van der Waals surface area contributed by atoms with Crippen molar-refractivity contribution in [2.75, 3.05) is 0 Å². The van der Waals surface area contributed by atoms with E-state index < -0.39 is 9.84 Å². The number of hydrogen-bond acceptors (Lipinski definition) is 4. The molecule has 0 aliphatic heterocycles. The number of rotatable bonds is 2. The zero-order valence-corrected chi connectivity index (χ0v) is 11.7. The molecule has 2 aromatic carbocycles. The third-order valence-electron chi connectivity index (χ3n) is 3.14. The highest BCUT2D eigenvalue weighted by Gasteiger charge is 2.19. The molecule has 0 saturated heterocycles. The zero-order chi connectivity index (χ0) is 14.9. The van der Waals surface area contributed by atoms with E-state index in [4.69, 9.17) is 5.26 Å². The van der Waals surface area contributed by atoms with Crippen LogP contribution in [0.5, 0.6) is 0 Å². The van der Waals surface area contributed by atoms with Crippen molar-refractivity contribution >= 4 is 20.7 Å². The number of hydrogen-bond donors (Lipinski definition) is 0. The van der Waals surface area contributed by atoms with Crippen LogP contribution in [0.25, 0.3) is 10.9 Å². The van der Waals surface area contributed by atoms with Crippen molar-refractivity contribution in [2.45, 2.75) is 9.92 Å². The normalized spacial score (nSPS) is 11.2. The van der Waals surface area contributed by atoms with Crippen LogP contribution in [0.3, 0.4) is 0 Å². The smallest absolute Gasteiger partial charge is 0.223 e. The van der Waals surface area contributed by atoms with Crippen molar-refractivity contribution in [3.05, 3.63) is 66.2 Å². The van der Waals surface area contributed by atoms with Crippen LogP contribution in [0.2, 0.25) is 0 Å². The van der Waals surface area contributed by atoms with Gasteiger partial charge in [-0.15, -0.1) is 0 Å². The number of sulfone groups is 1. The first-order chi connectivity index (χ1) is 10.1. The summed E-state index contributed by atoms with van der Waals surface area (Å²) < 4.78 is 25.1. The van der Waals surface area contributed by atoms with Crippen molar-refractivity contribution in [3.8, 4) is 6.07 Å². The number of aromatic nitrogens is 1. The molecule has 0 aliphatic rings. The van der Waals surface area contributed by atoms with Gasteiger partial charge in [-0.25, -0.2) is 13.4 Å². The Kier molecular flexibility index (Phi) is 3.16. The molecule has 102 valence electrons. The maximum Gasteiger partial charge on any atom is 0.223 e. The average Bonchev–Trinajstić information content (AvgIpc) is 2.54. The third kappa shape index (κ3) is 2.37. The number of para-hydroxylation sites is 1. The Morgan fingerprint density at radius 1 is 0.905 bits per heavy atom. The van der Waals surface area contributed by atoms with Crippen LogP contribution in [0, 0.1) is 11.3 Å². The number of fused-ring (bicyclic) bond motifs is 1. The summed E-state index contributed by atoms with van der Waals surface area (Å²) in [4.78, 5) is 4.34. The minimum atomic E-state index is -3.68. The molecule has 1 aromatic heterocycles. The first kappa shape index (κ1) is 13.3. The summed E-state index contributed by atoms with van der Waals surface area (Å²) in [5, 5.41) is 9.65. The van der Waals surface area contributed by atoms with E-state index in [0.717, 1.165) is 5.39 Å². The summed E-state index contributed by atoms with van der Waals surface area (Å²) in [6, 6.07) is 18.3. The van der Waals surface area contributed by atoms with Gasteiger partial charge in [-0.1, -0.05) is 18.2 Å². The third-order valence-corrected chi connectivity index (χ3v) is 4.81. The Balaban J connectivity index is 2.12. The van der Waals surface area contributed by atoms with E-state index in [0.29, 0.717) is 11.1 Å². The molecule has 0 fully saturated rings. The van der Waals surface area contributed by atoms with Gasteiger partial charge in [-0.2, -0.15) is 5.26 Å². The van der Waals surface area contributed by atoms with Crippen molar-refractivity contribution in [2.24, 2.45) is 0 Å². The second kappa shape index (κ2) is 5.00. The molecule has 0 aliphatic carbocycles. The van der Waals surface area contributed by atoms with Gasteiger partial charge in [-0.05, 0) is 42.5 Å². The Morgan fingerprint density at radius 3 is 2.33 bits per heavy atom. The molecular formula is C16H10N2O2S. The van der Waals surface area contributed by atoms with E-state index in [9.17, 15) is 8.42 Å². The van der Waals surface area contributed by atoms with Crippen LogP contribution in [0.4, 0.5) is 0 Å². The highest BCUT2D eigenvalue weighted by atomic mass is 32.2. The molecular weight excluding hydrogens is 284 g/mol. The molecule has 0 amide bonds. The zero-order valence-electron chi connectivity index (χ0n) is 10.9. The molecule has 0 bridgehead atoms. The van der Waals surface area contributed by atoms with Crippen molar-refractivity contribution in [1.29, 1.82) is 5.26 Å². The molecule has 5 heteroatoms. The van der Waals surface area contributed by atoms with Gasteiger partial charge in [0.15, 0.2) is 5.03 Å². The first-order valence-corrected chi connectivity index (χ1v) is 7.70. The summed E-state index contributed by atoms with van der Waals surface area (Å²) in [6.07, 6.45) is 0. The van der Waals surface area contributed by atoms with Gasteiger partial charge in [0.05, 0.1) is 22.0 Å². The highest BCUT2D eigenvalue weighted by molar-refractivity contribution is 7.91. The standard InChI is InChI=1S/C16H10N2O2S/c17-11-12-5-8-14(9-6-12)21(19,20)16-10-7-13-3-1-2-4-15(13)18-16/h1-10H. The van der Waals surface area contributed by atoms with Crippen molar-refractivity contribution in [1.82, 2.24) is 4.98 Å². The molecule has 0 saturated carbocycles. The molecule has 0 radical (unpaired) electrons. The summed E-state index contributed by atoms with van der Waals surface area (Å²) in [5.74, 6) is 0. The Labute approximate surface area is 122 Å². The first-order valence-electron chi connectivity index (χ1n) is 6.22. The maximum absolute atomic E-state index is 12.5. The molecule has 4 nitrogen and oxygen atoms in total. The number of pyridine rings is 1. The van der Waals surface area contributed by atoms with E-state index in [1.807, 2.05) is 24.3 Å². The van der Waals surface area contributed by atoms with Crippen LogP contribution in [0.1, 0.15) is 5.56 Å². The Morgan fingerprint density at radius 2 is 1.62 bits per heavy atom. The summed E-state index contributed by atoms with van der Waals surface area (Å²) in [6.45, 7) is 0. The van der Waals surface area contributed by atoms with Crippen LogP contribution in [0.15, 0.2) is 70.6 Å². The fraction of sp³-hybridized carbons (Fsp3) is 0. The summed E-state index contributed by atoms with van der Waals surface area (Å²) in [5.41, 5.74) is 1.05. The second-order valence-corrected chi connectivity index (χ2v) is 6.38. The van der Waals surface area contributed by atoms with E-state index in [-0.39, 0.29) is 9.92 Å². The Hall–Kier alpha value is -2.71. The summed E-state index contributed by atoms with van der Waals surface area (Å²) in [7, 11) is -3.68. The lowest BCUT2D eigenvalue weighted by atomic mass is 10.2. The molecule has 3 rings (SSSR count). The molecule has 0 spiro atoms. The van der Waals surface area contributed by atoms with E-state index >= 15 is 0 Å². The van der Waals surface area contributed by atoms with E-state index in [1.54, 1.807) is 12.1 Å². The SMILES string of the molecule is N#Cc1ccc(S(=O)(=O)c2ccc3ccccc3n2)cc1. The molecule has 21 heavy (non-hydrogen) atoms. The predicted molar refractivity (Wildman–Crippen MR) is 78.4 cm³/mol. The lowest BCUT2D eigenvalue weighted by Gasteiger charge is -2.05. The highest BCUT2D eigenvalue weighted by Crippen LogP contribution is 2.22. The molecule has 0 N–H and O–H groups in total. The monoisotopic (exact) mass is 294 g/mol. The molecule has 1 heterocycles. The van der Waals surface area contributed by atoms with Gasteiger partial charge in [0.1, 0.15) is 0 Å². The van der Waals surface area contributed by atoms with E-state index in [2.05, 4.69) is 4.98 Å². The van der Waals surface area contributed by atoms with Crippen molar-refractivity contribution < 1.29 is 8.42 Å². The van der Waals surface area contributed by atoms with Gasteiger partial charge in [-0.3, -0.25) is 0 Å². The van der Waals surface area contributed by atoms with Gasteiger partial charge < -0.3 is 0 Å². The lowest BCUT2D eigenvalue weighted by molar-refractivity contribution is 0.593. The van der Waals surface area contributed by atoms with Crippen LogP contribution in [-0.2, 0) is 9.84 Å². The number of nitriles is 1. The van der Waals surface area contributed by atoms with Gasteiger partial charge in [0.2, 0.25) is 9.84 Å². The largest absolute Gasteiger partial charge is 0.236 e. The van der Waals surface area contributed by atoms with Gasteiger partial charge >= 0.3 is 0 Å². The van der Waals surface area contributed by atoms with Crippen LogP contribution < -0.4 is 0 Å². The number of nitrogens with zero attached hydrogens (tertiary/aromatic N) is 2. The van der Waals surface area contributed by atoms with Crippen LogP contribution >= 0.6 is 0 Å². The average molecular weight is 294 g/mol. The predicted octanol–water partition coefficient (Wildman–Crippen LogP) is 2.94. The lowest BCUT2D eigenvalue weighted by Crippen LogP contribution is -2.04. The van der Waals surface area contributed by atoms with Gasteiger partial charge in [0, 0.05) is 5.39 Å². The summed E-state index contributed by atoms with van der Waals surface area (Å²) >= 11 is 0. The minimum absolute atomic E-state index is 0.00547. The quantitative estimate of drug-likeness (QED) is 0.728. The fourth-order valence-electron chi connectivity index (χ4n) is 2.03. The van der Waals surface area contributed by atoms with Gasteiger partial charge in [0.25, 0.3) is 0 Å². The Bertz CT molecular complexity index is 955. The van der Waals surface area contributed by atoms with Crippen LogP contribution in [-0.4, -0.2) is 13.4 Å². The van der Waals surface area contributed by atoms with Crippen molar-refractivity contribution in [3.63, 3.8) is 0 Å². The molecule has 0 unspecified atom stereocenters. The minimum Gasteiger partial charge on any atom is -0.236 e.